The third kappa shape index (κ3) is 6.57. The van der Waals surface area contributed by atoms with Gasteiger partial charge in [-0.15, -0.1) is 0 Å². The van der Waals surface area contributed by atoms with Gasteiger partial charge in [-0.05, 0) is 70.0 Å². The Balaban J connectivity index is 1.83. The lowest BCUT2D eigenvalue weighted by Crippen LogP contribution is -2.40. The quantitative estimate of drug-likeness (QED) is 0.683. The average Bonchev–Trinajstić information content (AvgIpc) is 2.61. The lowest BCUT2D eigenvalue weighted by Gasteiger charge is -2.33. The molecule has 0 unspecified atom stereocenters. The van der Waals surface area contributed by atoms with Crippen LogP contribution in [0.25, 0.3) is 0 Å². The average molecular weight is 384 g/mol. The van der Waals surface area contributed by atoms with Gasteiger partial charge in [-0.2, -0.15) is 13.2 Å². The second-order valence-corrected chi connectivity index (χ2v) is 7.26. The van der Waals surface area contributed by atoms with Crippen LogP contribution in [0.15, 0.2) is 36.4 Å². The Morgan fingerprint density at radius 3 is 2.22 bits per heavy atom. The summed E-state index contributed by atoms with van der Waals surface area (Å²) in [5.74, 6) is 0.640. The highest BCUT2D eigenvalue weighted by atomic mass is 19.4. The van der Waals surface area contributed by atoms with Crippen molar-refractivity contribution < 1.29 is 22.7 Å². The molecule has 4 nitrogen and oxygen atoms in total. The molecular formula is C20H27F3N2O2. The molecule has 1 aromatic rings. The van der Waals surface area contributed by atoms with Crippen molar-refractivity contribution in [3.8, 4) is 5.75 Å². The van der Waals surface area contributed by atoms with Crippen LogP contribution >= 0.6 is 0 Å². The lowest BCUT2D eigenvalue weighted by molar-refractivity contribution is -0.137. The van der Waals surface area contributed by atoms with E-state index in [0.29, 0.717) is 5.92 Å². The summed E-state index contributed by atoms with van der Waals surface area (Å²) < 4.78 is 43.0. The Hall–Kier alpha value is -2.02. The Morgan fingerprint density at radius 2 is 1.70 bits per heavy atom. The van der Waals surface area contributed by atoms with Gasteiger partial charge in [0, 0.05) is 19.6 Å². The topological polar surface area (TPSA) is 32.8 Å². The number of nitrogens with zero attached hydrogens (tertiary/aromatic N) is 2. The number of hydrogen-bond acceptors (Lipinski definition) is 3. The molecule has 0 spiro atoms. The summed E-state index contributed by atoms with van der Waals surface area (Å²) >= 11 is 0. The van der Waals surface area contributed by atoms with Crippen molar-refractivity contribution in [2.24, 2.45) is 5.92 Å². The van der Waals surface area contributed by atoms with E-state index in [2.05, 4.69) is 17.1 Å². The fraction of sp³-hybridized carbons (Fsp3) is 0.550. The van der Waals surface area contributed by atoms with Gasteiger partial charge in [0.25, 0.3) is 0 Å². The maximum absolute atomic E-state index is 12.6. The molecule has 0 heterocycles. The SMILES string of the molecule is CN(C)C/C=C/[C@H]1CC[C@H](N(C)C(=O)Oc2ccc(C(F)(F)F)cc2)CC1. The number of amides is 1. The van der Waals surface area contributed by atoms with Crippen LogP contribution in [-0.4, -0.2) is 49.6 Å². The van der Waals surface area contributed by atoms with Crippen LogP contribution in [0.2, 0.25) is 0 Å². The highest BCUT2D eigenvalue weighted by molar-refractivity contribution is 5.70. The number of rotatable bonds is 5. The molecule has 27 heavy (non-hydrogen) atoms. The van der Waals surface area contributed by atoms with Crippen molar-refractivity contribution in [2.45, 2.75) is 37.9 Å². The smallest absolute Gasteiger partial charge is 0.410 e. The Kier molecular flexibility index (Phi) is 7.30. The number of carbonyl (C=O) groups excluding carboxylic acids is 1. The van der Waals surface area contributed by atoms with E-state index in [0.717, 1.165) is 44.4 Å². The van der Waals surface area contributed by atoms with Crippen molar-refractivity contribution in [3.05, 3.63) is 42.0 Å². The van der Waals surface area contributed by atoms with Gasteiger partial charge in [0.1, 0.15) is 5.75 Å². The fourth-order valence-corrected chi connectivity index (χ4v) is 3.18. The van der Waals surface area contributed by atoms with Crippen molar-refractivity contribution in [1.82, 2.24) is 9.80 Å². The van der Waals surface area contributed by atoms with E-state index in [-0.39, 0.29) is 11.8 Å². The van der Waals surface area contributed by atoms with Gasteiger partial charge in [-0.3, -0.25) is 0 Å². The molecule has 1 aliphatic rings. The van der Waals surface area contributed by atoms with Gasteiger partial charge in [-0.25, -0.2) is 4.79 Å². The van der Waals surface area contributed by atoms with E-state index in [4.69, 9.17) is 4.74 Å². The van der Waals surface area contributed by atoms with Crippen molar-refractivity contribution in [3.63, 3.8) is 0 Å². The maximum atomic E-state index is 12.6. The molecule has 2 rings (SSSR count). The molecule has 0 radical (unpaired) electrons. The minimum atomic E-state index is -4.40. The van der Waals surface area contributed by atoms with E-state index in [1.165, 1.54) is 12.1 Å². The monoisotopic (exact) mass is 384 g/mol. The predicted molar refractivity (Wildman–Crippen MR) is 98.7 cm³/mol. The first-order valence-electron chi connectivity index (χ1n) is 9.10. The number of ether oxygens (including phenoxy) is 1. The molecule has 1 aliphatic carbocycles. The van der Waals surface area contributed by atoms with Crippen LogP contribution in [0.3, 0.4) is 0 Å². The molecule has 7 heteroatoms. The number of likely N-dealkylation sites (N-methyl/N-ethyl adjacent to an activating group) is 1. The lowest BCUT2D eigenvalue weighted by atomic mass is 9.85. The van der Waals surface area contributed by atoms with Gasteiger partial charge in [-0.1, -0.05) is 12.2 Å². The van der Waals surface area contributed by atoms with Crippen LogP contribution in [0.1, 0.15) is 31.2 Å². The highest BCUT2D eigenvalue weighted by Crippen LogP contribution is 2.31. The Bertz CT molecular complexity index is 634. The molecule has 150 valence electrons. The Morgan fingerprint density at radius 1 is 1.11 bits per heavy atom. The third-order valence-electron chi connectivity index (χ3n) is 4.84. The van der Waals surface area contributed by atoms with E-state index in [1.807, 2.05) is 14.1 Å². The van der Waals surface area contributed by atoms with E-state index in [1.54, 1.807) is 11.9 Å². The first kappa shape index (κ1) is 21.3. The summed E-state index contributed by atoms with van der Waals surface area (Å²) in [6, 6.07) is 4.24. The van der Waals surface area contributed by atoms with E-state index in [9.17, 15) is 18.0 Å². The van der Waals surface area contributed by atoms with E-state index >= 15 is 0 Å². The summed E-state index contributed by atoms with van der Waals surface area (Å²) in [5, 5.41) is 0. The summed E-state index contributed by atoms with van der Waals surface area (Å²) in [7, 11) is 5.73. The molecule has 1 saturated carbocycles. The fourth-order valence-electron chi connectivity index (χ4n) is 3.18. The minimum Gasteiger partial charge on any atom is -0.410 e. The number of alkyl halides is 3. The van der Waals surface area contributed by atoms with Gasteiger partial charge in [0.2, 0.25) is 0 Å². The largest absolute Gasteiger partial charge is 0.416 e. The number of halogens is 3. The van der Waals surface area contributed by atoms with Crippen LogP contribution < -0.4 is 4.74 Å². The van der Waals surface area contributed by atoms with Gasteiger partial charge >= 0.3 is 12.3 Å². The standard InChI is InChI=1S/C20H27F3N2O2/c1-24(2)14-4-5-15-6-10-17(11-7-15)25(3)19(26)27-18-12-8-16(9-13-18)20(21,22)23/h4-5,8-9,12-13,15,17H,6-7,10-11,14H2,1-3H3/b5-4+/t15-,17-. The first-order valence-corrected chi connectivity index (χ1v) is 9.10. The normalized spacial score (nSPS) is 20.9. The second kappa shape index (κ2) is 9.26. The molecule has 0 saturated heterocycles. The molecule has 1 fully saturated rings. The zero-order chi connectivity index (χ0) is 20.0. The second-order valence-electron chi connectivity index (χ2n) is 7.26. The summed E-state index contributed by atoms with van der Waals surface area (Å²) in [6.07, 6.45) is 3.26. The molecule has 0 aromatic heterocycles. The highest BCUT2D eigenvalue weighted by Gasteiger charge is 2.30. The van der Waals surface area contributed by atoms with Crippen molar-refractivity contribution >= 4 is 6.09 Å². The van der Waals surface area contributed by atoms with Crippen molar-refractivity contribution in [2.75, 3.05) is 27.7 Å². The third-order valence-corrected chi connectivity index (χ3v) is 4.84. The molecule has 0 N–H and O–H groups in total. The molecule has 0 atom stereocenters. The van der Waals surface area contributed by atoms with E-state index < -0.39 is 17.8 Å². The molecular weight excluding hydrogens is 357 g/mol. The summed E-state index contributed by atoms with van der Waals surface area (Å²) in [5.41, 5.74) is -0.767. The molecule has 0 bridgehead atoms. The summed E-state index contributed by atoms with van der Waals surface area (Å²) in [4.78, 5) is 15.9. The number of hydrogen-bond donors (Lipinski definition) is 0. The van der Waals surface area contributed by atoms with Crippen molar-refractivity contribution in [1.29, 1.82) is 0 Å². The molecule has 0 aliphatic heterocycles. The molecule has 1 aromatic carbocycles. The minimum absolute atomic E-state index is 0.0884. The number of allylic oxidation sites excluding steroid dienone is 1. The molecule has 1 amide bonds. The zero-order valence-electron chi connectivity index (χ0n) is 16.0. The van der Waals surface area contributed by atoms with Crippen LogP contribution in [0.4, 0.5) is 18.0 Å². The van der Waals surface area contributed by atoms with Gasteiger partial charge in [0.15, 0.2) is 0 Å². The van der Waals surface area contributed by atoms with Crippen LogP contribution in [0.5, 0.6) is 5.75 Å². The Labute approximate surface area is 158 Å². The van der Waals surface area contributed by atoms with Gasteiger partial charge < -0.3 is 14.5 Å². The first-order chi connectivity index (χ1) is 12.7. The van der Waals surface area contributed by atoms with Gasteiger partial charge in [0.05, 0.1) is 5.56 Å². The number of carbonyl (C=O) groups is 1. The summed E-state index contributed by atoms with van der Waals surface area (Å²) in [6.45, 7) is 0.916. The predicted octanol–water partition coefficient (Wildman–Crippen LogP) is 4.81. The van der Waals surface area contributed by atoms with Crippen LogP contribution in [0, 0.1) is 5.92 Å². The number of benzene rings is 1. The zero-order valence-corrected chi connectivity index (χ0v) is 16.0. The van der Waals surface area contributed by atoms with Crippen LogP contribution in [-0.2, 0) is 6.18 Å². The maximum Gasteiger partial charge on any atom is 0.416 e.